The average molecular weight is 290 g/mol. The summed E-state index contributed by atoms with van der Waals surface area (Å²) in [7, 11) is 1.47. The Morgan fingerprint density at radius 1 is 1.55 bits per heavy atom. The number of amides is 2. The van der Waals surface area contributed by atoms with Crippen LogP contribution < -0.4 is 10.2 Å². The van der Waals surface area contributed by atoms with Crippen molar-refractivity contribution in [3.63, 3.8) is 0 Å². The third-order valence-corrected chi connectivity index (χ3v) is 3.01. The van der Waals surface area contributed by atoms with Crippen LogP contribution in [0.1, 0.15) is 6.42 Å². The fourth-order valence-electron chi connectivity index (χ4n) is 2.10. The lowest BCUT2D eigenvalue weighted by Gasteiger charge is -2.13. The molecule has 1 aliphatic heterocycles. The molecular weight excluding hydrogens is 277 g/mol. The van der Waals surface area contributed by atoms with Crippen LogP contribution in [0.15, 0.2) is 12.4 Å². The molecule has 0 radical (unpaired) electrons. The first-order valence-electron chi connectivity index (χ1n) is 5.91. The van der Waals surface area contributed by atoms with E-state index in [1.54, 1.807) is 0 Å². The van der Waals surface area contributed by atoms with E-state index in [1.165, 1.54) is 18.1 Å². The van der Waals surface area contributed by atoms with Gasteiger partial charge in [0.2, 0.25) is 11.8 Å². The van der Waals surface area contributed by atoms with E-state index >= 15 is 0 Å². The van der Waals surface area contributed by atoms with Crippen LogP contribution in [0.2, 0.25) is 0 Å². The molecule has 2 rings (SSSR count). The van der Waals surface area contributed by atoms with Crippen LogP contribution in [-0.4, -0.2) is 41.4 Å². The number of hydrogen-bond acceptors (Lipinski definition) is 3. The second-order valence-electron chi connectivity index (χ2n) is 4.53. The molecule has 9 heteroatoms. The number of aromatic nitrogens is 2. The maximum Gasteiger partial charge on any atom is 0.408 e. The van der Waals surface area contributed by atoms with E-state index in [-0.39, 0.29) is 30.5 Å². The molecule has 0 aromatic carbocycles. The molecule has 0 unspecified atom stereocenters. The van der Waals surface area contributed by atoms with Gasteiger partial charge in [-0.3, -0.25) is 14.3 Å². The van der Waals surface area contributed by atoms with Crippen LogP contribution in [0.5, 0.6) is 0 Å². The summed E-state index contributed by atoms with van der Waals surface area (Å²) in [5, 5.41) is 6.02. The predicted octanol–water partition coefficient (Wildman–Crippen LogP) is 0.544. The van der Waals surface area contributed by atoms with Gasteiger partial charge in [-0.25, -0.2) is 0 Å². The third-order valence-electron chi connectivity index (χ3n) is 3.01. The van der Waals surface area contributed by atoms with Crippen molar-refractivity contribution in [2.45, 2.75) is 19.1 Å². The van der Waals surface area contributed by atoms with Gasteiger partial charge < -0.3 is 10.2 Å². The van der Waals surface area contributed by atoms with E-state index in [2.05, 4.69) is 10.4 Å². The summed E-state index contributed by atoms with van der Waals surface area (Å²) in [6, 6.07) is 0. The lowest BCUT2D eigenvalue weighted by Crippen LogP contribution is -2.30. The number of nitrogens with one attached hydrogen (secondary N) is 1. The largest absolute Gasteiger partial charge is 0.408 e. The van der Waals surface area contributed by atoms with Crippen molar-refractivity contribution in [3.8, 4) is 0 Å². The molecule has 1 atom stereocenters. The van der Waals surface area contributed by atoms with Gasteiger partial charge >= 0.3 is 6.18 Å². The first kappa shape index (κ1) is 14.4. The van der Waals surface area contributed by atoms with Crippen LogP contribution in [-0.2, 0) is 16.1 Å². The Morgan fingerprint density at radius 2 is 2.25 bits per heavy atom. The van der Waals surface area contributed by atoms with Gasteiger partial charge in [0.25, 0.3) is 0 Å². The molecule has 1 saturated heterocycles. The van der Waals surface area contributed by atoms with Crippen LogP contribution in [0, 0.1) is 5.92 Å². The van der Waals surface area contributed by atoms with Gasteiger partial charge in [0.1, 0.15) is 6.54 Å². The smallest absolute Gasteiger partial charge is 0.359 e. The van der Waals surface area contributed by atoms with Crippen molar-refractivity contribution in [2.24, 2.45) is 5.92 Å². The van der Waals surface area contributed by atoms with Gasteiger partial charge in [0, 0.05) is 26.2 Å². The van der Waals surface area contributed by atoms with Crippen LogP contribution in [0.4, 0.5) is 18.9 Å². The van der Waals surface area contributed by atoms with Gasteiger partial charge in [0.05, 0.1) is 17.8 Å². The van der Waals surface area contributed by atoms with Crippen molar-refractivity contribution in [2.75, 3.05) is 18.5 Å². The molecule has 0 bridgehead atoms. The molecule has 0 spiro atoms. The topological polar surface area (TPSA) is 67.2 Å². The van der Waals surface area contributed by atoms with E-state index < -0.39 is 18.6 Å². The van der Waals surface area contributed by atoms with Crippen molar-refractivity contribution in [1.29, 1.82) is 0 Å². The molecular formula is C11H13F3N4O2. The van der Waals surface area contributed by atoms with E-state index in [9.17, 15) is 22.8 Å². The molecule has 1 aromatic rings. The zero-order valence-corrected chi connectivity index (χ0v) is 10.6. The lowest BCUT2D eigenvalue weighted by atomic mass is 10.1. The van der Waals surface area contributed by atoms with E-state index in [1.807, 2.05) is 0 Å². The highest BCUT2D eigenvalue weighted by Gasteiger charge is 2.35. The fourth-order valence-corrected chi connectivity index (χ4v) is 2.10. The minimum absolute atomic E-state index is 0.0458. The minimum Gasteiger partial charge on any atom is -0.359 e. The van der Waals surface area contributed by atoms with Gasteiger partial charge in [-0.15, -0.1) is 0 Å². The molecule has 1 fully saturated rings. The van der Waals surface area contributed by atoms with Crippen molar-refractivity contribution in [3.05, 3.63) is 12.4 Å². The Morgan fingerprint density at radius 3 is 2.85 bits per heavy atom. The van der Waals surface area contributed by atoms with Gasteiger partial charge in [-0.05, 0) is 0 Å². The normalized spacial score (nSPS) is 19.5. The number of nitrogens with zero attached hydrogens (tertiary/aromatic N) is 3. The average Bonchev–Trinajstić information content (AvgIpc) is 2.92. The van der Waals surface area contributed by atoms with Gasteiger partial charge in [0.15, 0.2) is 0 Å². The number of carbonyl (C=O) groups excluding carboxylic acids is 2. The van der Waals surface area contributed by atoms with E-state index in [0.717, 1.165) is 10.9 Å². The van der Waals surface area contributed by atoms with E-state index in [4.69, 9.17) is 0 Å². The Balaban J connectivity index is 2.09. The summed E-state index contributed by atoms with van der Waals surface area (Å²) in [6.07, 6.45) is -1.99. The number of alkyl halides is 3. The van der Waals surface area contributed by atoms with Crippen molar-refractivity contribution < 1.29 is 22.8 Å². The Bertz CT molecular complexity index is 526. The summed E-state index contributed by atoms with van der Waals surface area (Å²) >= 11 is 0. The molecule has 2 amide bonds. The zero-order valence-electron chi connectivity index (χ0n) is 10.6. The summed E-state index contributed by atoms with van der Waals surface area (Å²) in [5.74, 6) is -1.05. The minimum atomic E-state index is -4.37. The molecule has 0 saturated carbocycles. The number of carbonyl (C=O) groups is 2. The SMILES string of the molecule is CNC(=O)[C@H]1CC(=O)N(c2cnn(CC(F)(F)F)c2)C1. The van der Waals surface area contributed by atoms with Crippen molar-refractivity contribution in [1.82, 2.24) is 15.1 Å². The predicted molar refractivity (Wildman–Crippen MR) is 62.8 cm³/mol. The number of rotatable bonds is 3. The Hall–Kier alpha value is -2.06. The van der Waals surface area contributed by atoms with Crippen LogP contribution in [0.25, 0.3) is 0 Å². The lowest BCUT2D eigenvalue weighted by molar-refractivity contribution is -0.142. The summed E-state index contributed by atoms with van der Waals surface area (Å²) in [5.41, 5.74) is 0.269. The maximum atomic E-state index is 12.2. The molecule has 110 valence electrons. The highest BCUT2D eigenvalue weighted by atomic mass is 19.4. The molecule has 20 heavy (non-hydrogen) atoms. The number of halogens is 3. The van der Waals surface area contributed by atoms with Crippen LogP contribution in [0.3, 0.4) is 0 Å². The highest BCUT2D eigenvalue weighted by Crippen LogP contribution is 2.25. The standard InChI is InChI=1S/C11H13F3N4O2/c1-15-10(20)7-2-9(19)18(4-7)8-3-16-17(5-8)6-11(12,13)14/h3,5,7H,2,4,6H2,1H3,(H,15,20)/t7-/m0/s1. The Kier molecular flexibility index (Phi) is 3.69. The molecule has 1 aromatic heterocycles. The monoisotopic (exact) mass is 290 g/mol. The third kappa shape index (κ3) is 3.09. The van der Waals surface area contributed by atoms with Gasteiger partial charge in [-0.2, -0.15) is 18.3 Å². The molecule has 2 heterocycles. The fraction of sp³-hybridized carbons (Fsp3) is 0.545. The van der Waals surface area contributed by atoms with Crippen LogP contribution >= 0.6 is 0 Å². The molecule has 6 nitrogen and oxygen atoms in total. The first-order chi connectivity index (χ1) is 9.30. The molecule has 1 aliphatic rings. The zero-order chi connectivity index (χ0) is 14.9. The molecule has 0 aliphatic carbocycles. The summed E-state index contributed by atoms with van der Waals surface area (Å²) in [4.78, 5) is 24.5. The number of hydrogen-bond donors (Lipinski definition) is 1. The highest BCUT2D eigenvalue weighted by molar-refractivity contribution is 6.00. The quantitative estimate of drug-likeness (QED) is 0.883. The van der Waals surface area contributed by atoms with Gasteiger partial charge in [-0.1, -0.05) is 0 Å². The number of anilines is 1. The summed E-state index contributed by atoms with van der Waals surface area (Å²) < 4.78 is 37.4. The molecule has 1 N–H and O–H groups in total. The van der Waals surface area contributed by atoms with Crippen molar-refractivity contribution >= 4 is 17.5 Å². The van der Waals surface area contributed by atoms with E-state index in [0.29, 0.717) is 0 Å². The maximum absolute atomic E-state index is 12.2. The Labute approximate surface area is 112 Å². The summed E-state index contributed by atoms with van der Waals surface area (Å²) in [6.45, 7) is -1.07. The second-order valence-corrected chi connectivity index (χ2v) is 4.53. The second kappa shape index (κ2) is 5.14. The first-order valence-corrected chi connectivity index (χ1v) is 5.91.